The normalized spacial score (nSPS) is 10.5. The van der Waals surface area contributed by atoms with Crippen LogP contribution in [0.4, 0.5) is 5.69 Å². The molecule has 0 atom stereocenters. The van der Waals surface area contributed by atoms with Crippen molar-refractivity contribution in [3.05, 3.63) is 78.8 Å². The number of anilines is 1. The highest BCUT2D eigenvalue weighted by Gasteiger charge is 2.20. The number of pyridine rings is 1. The molecule has 29 heavy (non-hydrogen) atoms. The van der Waals surface area contributed by atoms with Crippen LogP contribution in [0.1, 0.15) is 16.1 Å². The van der Waals surface area contributed by atoms with Crippen molar-refractivity contribution in [1.29, 1.82) is 0 Å². The molecule has 0 aliphatic carbocycles. The van der Waals surface area contributed by atoms with Gasteiger partial charge in [0.25, 0.3) is 5.91 Å². The van der Waals surface area contributed by atoms with Crippen molar-refractivity contribution < 1.29 is 23.1 Å². The van der Waals surface area contributed by atoms with E-state index in [0.29, 0.717) is 29.6 Å². The lowest BCUT2D eigenvalue weighted by Gasteiger charge is -2.13. The molecule has 1 amide bonds. The monoisotopic (exact) mass is 391 g/mol. The van der Waals surface area contributed by atoms with Gasteiger partial charge in [0.05, 0.1) is 13.4 Å². The van der Waals surface area contributed by atoms with Gasteiger partial charge >= 0.3 is 0 Å². The Morgan fingerprint density at radius 3 is 2.72 bits per heavy atom. The number of nitrogens with one attached hydrogen (secondary N) is 1. The van der Waals surface area contributed by atoms with Gasteiger partial charge in [0.2, 0.25) is 5.76 Å². The van der Waals surface area contributed by atoms with Gasteiger partial charge < -0.3 is 23.6 Å². The molecule has 4 aromatic rings. The molecule has 0 fully saturated rings. The number of hydrogen-bond acceptors (Lipinski definition) is 7. The Morgan fingerprint density at radius 1 is 1.10 bits per heavy atom. The minimum absolute atomic E-state index is 0.120. The van der Waals surface area contributed by atoms with E-state index in [1.165, 1.54) is 12.7 Å². The Morgan fingerprint density at radius 2 is 1.97 bits per heavy atom. The number of oxazole rings is 1. The van der Waals surface area contributed by atoms with Crippen LogP contribution in [0.25, 0.3) is 11.5 Å². The second-order valence-electron chi connectivity index (χ2n) is 5.97. The van der Waals surface area contributed by atoms with E-state index in [0.717, 1.165) is 5.56 Å². The lowest BCUT2D eigenvalue weighted by molar-refractivity contribution is 0.102. The van der Waals surface area contributed by atoms with Crippen molar-refractivity contribution in [3.63, 3.8) is 0 Å². The zero-order valence-corrected chi connectivity index (χ0v) is 15.5. The van der Waals surface area contributed by atoms with Gasteiger partial charge in [-0.3, -0.25) is 9.78 Å². The largest absolute Gasteiger partial charge is 0.493 e. The summed E-state index contributed by atoms with van der Waals surface area (Å²) >= 11 is 0. The number of ether oxygens (including phenoxy) is 2. The Bertz CT molecular complexity index is 1090. The summed E-state index contributed by atoms with van der Waals surface area (Å²) in [6, 6.07) is 12.2. The molecule has 8 heteroatoms. The van der Waals surface area contributed by atoms with Crippen LogP contribution in [0.2, 0.25) is 0 Å². The molecular formula is C21H17N3O5. The molecule has 146 valence electrons. The van der Waals surface area contributed by atoms with E-state index >= 15 is 0 Å². The Kier molecular flexibility index (Phi) is 5.24. The molecule has 0 spiro atoms. The third-order valence-corrected chi connectivity index (χ3v) is 4.09. The van der Waals surface area contributed by atoms with Crippen LogP contribution in [0.3, 0.4) is 0 Å². The number of methoxy groups -OCH3 is 1. The molecule has 0 aliphatic rings. The number of carbonyl (C=O) groups is 1. The predicted octanol–water partition coefficient (Wildman–Crippen LogP) is 4.17. The summed E-state index contributed by atoms with van der Waals surface area (Å²) < 4.78 is 21.8. The smallest absolute Gasteiger partial charge is 0.278 e. The number of aromatic nitrogens is 2. The van der Waals surface area contributed by atoms with E-state index in [-0.39, 0.29) is 11.5 Å². The highest BCUT2D eigenvalue weighted by molar-refractivity contribution is 6.06. The summed E-state index contributed by atoms with van der Waals surface area (Å²) in [6.45, 7) is 0.336. The third kappa shape index (κ3) is 4.11. The zero-order chi connectivity index (χ0) is 20.1. The summed E-state index contributed by atoms with van der Waals surface area (Å²) in [5, 5.41) is 2.79. The van der Waals surface area contributed by atoms with Crippen LogP contribution >= 0.6 is 0 Å². The molecule has 8 nitrogen and oxygen atoms in total. The molecule has 0 saturated heterocycles. The molecule has 0 saturated carbocycles. The van der Waals surface area contributed by atoms with Crippen molar-refractivity contribution in [3.8, 4) is 23.0 Å². The van der Waals surface area contributed by atoms with E-state index in [9.17, 15) is 4.79 Å². The van der Waals surface area contributed by atoms with Crippen LogP contribution in [-0.4, -0.2) is 23.0 Å². The van der Waals surface area contributed by atoms with E-state index < -0.39 is 5.91 Å². The van der Waals surface area contributed by atoms with Gasteiger partial charge in [-0.1, -0.05) is 0 Å². The molecule has 0 bridgehead atoms. The predicted molar refractivity (Wildman–Crippen MR) is 104 cm³/mol. The van der Waals surface area contributed by atoms with Crippen LogP contribution < -0.4 is 14.8 Å². The van der Waals surface area contributed by atoms with E-state index in [1.54, 1.807) is 49.8 Å². The average molecular weight is 391 g/mol. The topological polar surface area (TPSA) is 99.6 Å². The third-order valence-electron chi connectivity index (χ3n) is 4.09. The van der Waals surface area contributed by atoms with Crippen LogP contribution in [0, 0.1) is 0 Å². The van der Waals surface area contributed by atoms with E-state index in [1.807, 2.05) is 12.1 Å². The first-order chi connectivity index (χ1) is 14.2. The maximum Gasteiger partial charge on any atom is 0.278 e. The first-order valence-electron chi connectivity index (χ1n) is 8.73. The van der Waals surface area contributed by atoms with Gasteiger partial charge in [0, 0.05) is 24.1 Å². The number of nitrogens with zero attached hydrogens (tertiary/aromatic N) is 2. The SMILES string of the molecule is COc1ccc(NC(=O)c2ncoc2-c2ccco2)cc1OCc1ccncc1. The van der Waals surface area contributed by atoms with E-state index in [2.05, 4.69) is 15.3 Å². The Hall–Kier alpha value is -4.07. The fourth-order valence-electron chi connectivity index (χ4n) is 2.69. The lowest BCUT2D eigenvalue weighted by Crippen LogP contribution is -2.13. The highest BCUT2D eigenvalue weighted by atomic mass is 16.5. The van der Waals surface area contributed by atoms with Gasteiger partial charge in [0.1, 0.15) is 6.61 Å². The molecule has 1 N–H and O–H groups in total. The number of rotatable bonds is 7. The van der Waals surface area contributed by atoms with E-state index in [4.69, 9.17) is 18.3 Å². The van der Waals surface area contributed by atoms with Crippen LogP contribution in [0.15, 0.2) is 76.3 Å². The quantitative estimate of drug-likeness (QED) is 0.505. The van der Waals surface area contributed by atoms with Gasteiger partial charge in [0.15, 0.2) is 29.3 Å². The number of furan rings is 1. The number of hydrogen-bond donors (Lipinski definition) is 1. The molecular weight excluding hydrogens is 374 g/mol. The second kappa shape index (κ2) is 8.30. The fourth-order valence-corrected chi connectivity index (χ4v) is 2.69. The summed E-state index contributed by atoms with van der Waals surface area (Å²) in [5.74, 6) is 1.29. The highest BCUT2D eigenvalue weighted by Crippen LogP contribution is 2.31. The van der Waals surface area contributed by atoms with Crippen molar-refractivity contribution >= 4 is 11.6 Å². The standard InChI is InChI=1S/C21H17N3O5/c1-26-16-5-4-15(11-18(16)28-12-14-6-8-22-9-7-14)24-21(25)19-20(29-13-23-19)17-3-2-10-27-17/h2-11,13H,12H2,1H3,(H,24,25). The van der Waals surface area contributed by atoms with Crippen LogP contribution in [0.5, 0.6) is 11.5 Å². The molecule has 3 heterocycles. The fraction of sp³-hybridized carbons (Fsp3) is 0.0952. The summed E-state index contributed by atoms with van der Waals surface area (Å²) in [6.07, 6.45) is 6.08. The lowest BCUT2D eigenvalue weighted by atomic mass is 10.2. The molecule has 3 aromatic heterocycles. The molecule has 1 aromatic carbocycles. The summed E-state index contributed by atoms with van der Waals surface area (Å²) in [4.78, 5) is 20.7. The first kappa shape index (κ1) is 18.3. The summed E-state index contributed by atoms with van der Waals surface area (Å²) in [7, 11) is 1.55. The van der Waals surface area contributed by atoms with Gasteiger partial charge in [-0.15, -0.1) is 0 Å². The second-order valence-corrected chi connectivity index (χ2v) is 5.97. The number of benzene rings is 1. The van der Waals surface area contributed by atoms with Crippen LogP contribution in [-0.2, 0) is 6.61 Å². The maximum absolute atomic E-state index is 12.7. The van der Waals surface area contributed by atoms with Crippen molar-refractivity contribution in [2.75, 3.05) is 12.4 Å². The zero-order valence-electron chi connectivity index (χ0n) is 15.5. The van der Waals surface area contributed by atoms with Crippen molar-refractivity contribution in [1.82, 2.24) is 9.97 Å². The Labute approximate surface area is 166 Å². The number of amides is 1. The maximum atomic E-state index is 12.7. The average Bonchev–Trinajstić information content (AvgIpc) is 3.44. The molecule has 4 rings (SSSR count). The molecule has 0 unspecified atom stereocenters. The molecule has 0 aliphatic heterocycles. The van der Waals surface area contributed by atoms with Crippen molar-refractivity contribution in [2.45, 2.75) is 6.61 Å². The van der Waals surface area contributed by atoms with Gasteiger partial charge in [-0.05, 0) is 42.0 Å². The van der Waals surface area contributed by atoms with Crippen molar-refractivity contribution in [2.24, 2.45) is 0 Å². The van der Waals surface area contributed by atoms with Gasteiger partial charge in [-0.2, -0.15) is 0 Å². The summed E-state index contributed by atoms with van der Waals surface area (Å²) in [5.41, 5.74) is 1.60. The number of carbonyl (C=O) groups excluding carboxylic acids is 1. The minimum atomic E-state index is -0.435. The molecule has 0 radical (unpaired) electrons. The minimum Gasteiger partial charge on any atom is -0.493 e. The first-order valence-corrected chi connectivity index (χ1v) is 8.73. The Balaban J connectivity index is 1.52. The van der Waals surface area contributed by atoms with Gasteiger partial charge in [-0.25, -0.2) is 4.98 Å².